The van der Waals surface area contributed by atoms with Gasteiger partial charge in [0.2, 0.25) is 0 Å². The van der Waals surface area contributed by atoms with Gasteiger partial charge in [-0.1, -0.05) is 31.2 Å². The number of hydrogen-bond acceptors (Lipinski definition) is 3. The molecule has 0 spiro atoms. The van der Waals surface area contributed by atoms with Gasteiger partial charge in [-0.25, -0.2) is 9.78 Å². The van der Waals surface area contributed by atoms with Crippen molar-refractivity contribution in [2.45, 2.75) is 26.4 Å². The number of carbonyl (C=O) groups excluding carboxylic acids is 1. The summed E-state index contributed by atoms with van der Waals surface area (Å²) in [6.45, 7) is 3.73. The van der Waals surface area contributed by atoms with Crippen molar-refractivity contribution < 1.29 is 9.53 Å². The van der Waals surface area contributed by atoms with E-state index in [1.54, 1.807) is 12.5 Å². The van der Waals surface area contributed by atoms with Gasteiger partial charge in [0.05, 0.1) is 12.9 Å². The Balaban J connectivity index is 1.41. The molecule has 27 heavy (non-hydrogen) atoms. The van der Waals surface area contributed by atoms with Crippen molar-refractivity contribution in [2.24, 2.45) is 0 Å². The molecule has 0 bridgehead atoms. The van der Waals surface area contributed by atoms with Crippen molar-refractivity contribution >= 4 is 6.03 Å². The maximum Gasteiger partial charge on any atom is 0.315 e. The molecule has 0 atom stereocenters. The zero-order valence-electron chi connectivity index (χ0n) is 15.4. The smallest absolute Gasteiger partial charge is 0.315 e. The highest BCUT2D eigenvalue weighted by Crippen LogP contribution is 2.12. The highest BCUT2D eigenvalue weighted by atomic mass is 16.5. The molecule has 3 rings (SSSR count). The van der Waals surface area contributed by atoms with E-state index in [0.717, 1.165) is 29.0 Å². The minimum Gasteiger partial charge on any atom is -0.494 e. The van der Waals surface area contributed by atoms with E-state index in [-0.39, 0.29) is 6.03 Å². The number of ether oxygens (including phenoxy) is 1. The van der Waals surface area contributed by atoms with E-state index in [9.17, 15) is 4.79 Å². The van der Waals surface area contributed by atoms with Crippen LogP contribution in [0.1, 0.15) is 24.5 Å². The monoisotopic (exact) mass is 364 g/mol. The molecule has 1 heterocycles. The summed E-state index contributed by atoms with van der Waals surface area (Å²) < 4.78 is 7.48. The molecule has 0 unspecified atom stereocenters. The number of nitrogens with one attached hydrogen (secondary N) is 2. The van der Waals surface area contributed by atoms with Crippen molar-refractivity contribution in [3.05, 3.63) is 78.4 Å². The van der Waals surface area contributed by atoms with E-state index >= 15 is 0 Å². The molecule has 1 aromatic heterocycles. The molecule has 2 amide bonds. The fourth-order valence-electron chi connectivity index (χ4n) is 2.55. The third kappa shape index (κ3) is 5.60. The lowest BCUT2D eigenvalue weighted by Gasteiger charge is -2.09. The van der Waals surface area contributed by atoms with Gasteiger partial charge < -0.3 is 19.9 Å². The Morgan fingerprint density at radius 1 is 1.00 bits per heavy atom. The van der Waals surface area contributed by atoms with Crippen molar-refractivity contribution in [1.29, 1.82) is 0 Å². The van der Waals surface area contributed by atoms with Crippen LogP contribution in [0.5, 0.6) is 5.75 Å². The number of hydrogen-bond donors (Lipinski definition) is 2. The Kier molecular flexibility index (Phi) is 6.46. The Bertz CT molecular complexity index is 828. The fourth-order valence-corrected chi connectivity index (χ4v) is 2.55. The van der Waals surface area contributed by atoms with Crippen molar-refractivity contribution in [2.75, 3.05) is 6.61 Å². The normalized spacial score (nSPS) is 10.4. The van der Waals surface area contributed by atoms with Crippen LogP contribution in [0.25, 0.3) is 5.69 Å². The first kappa shape index (κ1) is 18.5. The van der Waals surface area contributed by atoms with E-state index in [1.807, 2.05) is 59.3 Å². The Morgan fingerprint density at radius 2 is 1.63 bits per heavy atom. The molecule has 0 saturated heterocycles. The maximum absolute atomic E-state index is 12.0. The quantitative estimate of drug-likeness (QED) is 0.641. The van der Waals surface area contributed by atoms with Crippen LogP contribution in [0.3, 0.4) is 0 Å². The number of rotatable bonds is 8. The van der Waals surface area contributed by atoms with Gasteiger partial charge in [-0.15, -0.1) is 0 Å². The second kappa shape index (κ2) is 9.43. The number of imidazole rings is 1. The Hall–Kier alpha value is -3.28. The summed E-state index contributed by atoms with van der Waals surface area (Å²) in [6, 6.07) is 15.5. The largest absolute Gasteiger partial charge is 0.494 e. The van der Waals surface area contributed by atoms with Gasteiger partial charge in [-0.3, -0.25) is 0 Å². The first-order valence-electron chi connectivity index (χ1n) is 9.05. The highest BCUT2D eigenvalue weighted by Gasteiger charge is 2.02. The molecule has 0 aliphatic rings. The van der Waals surface area contributed by atoms with Crippen LogP contribution in [0.4, 0.5) is 4.79 Å². The number of amides is 2. The predicted molar refractivity (Wildman–Crippen MR) is 105 cm³/mol. The minimum atomic E-state index is -0.194. The second-order valence-corrected chi connectivity index (χ2v) is 6.17. The van der Waals surface area contributed by atoms with E-state index in [4.69, 9.17) is 4.74 Å². The molecule has 6 nitrogen and oxygen atoms in total. The topological polar surface area (TPSA) is 68.2 Å². The molecule has 6 heteroatoms. The molecule has 0 aliphatic carbocycles. The molecule has 3 aromatic rings. The number of aromatic nitrogens is 2. The van der Waals surface area contributed by atoms with Gasteiger partial charge in [0.1, 0.15) is 5.75 Å². The summed E-state index contributed by atoms with van der Waals surface area (Å²) in [5.41, 5.74) is 3.09. The summed E-state index contributed by atoms with van der Waals surface area (Å²) in [7, 11) is 0. The standard InChI is InChI=1S/C21H24N4O2/c1-2-13-27-20-9-5-18(6-10-20)15-24-21(26)23-14-17-3-7-19(8-4-17)25-12-11-22-16-25/h3-12,16H,2,13-15H2,1H3,(H2,23,24,26). The number of urea groups is 1. The van der Waals surface area contributed by atoms with Gasteiger partial charge >= 0.3 is 6.03 Å². The molecule has 2 aromatic carbocycles. The summed E-state index contributed by atoms with van der Waals surface area (Å²) in [6.07, 6.45) is 6.37. The molecule has 0 saturated carbocycles. The van der Waals surface area contributed by atoms with Gasteiger partial charge in [-0.05, 0) is 41.8 Å². The molecule has 0 radical (unpaired) electrons. The number of nitrogens with zero attached hydrogens (tertiary/aromatic N) is 2. The van der Waals surface area contributed by atoms with Crippen LogP contribution in [0.2, 0.25) is 0 Å². The van der Waals surface area contributed by atoms with E-state index in [0.29, 0.717) is 19.7 Å². The average Bonchev–Trinajstić information content (AvgIpc) is 3.25. The van der Waals surface area contributed by atoms with Gasteiger partial charge in [0, 0.05) is 31.2 Å². The summed E-state index contributed by atoms with van der Waals surface area (Å²) in [5, 5.41) is 5.73. The lowest BCUT2D eigenvalue weighted by molar-refractivity contribution is 0.240. The summed E-state index contributed by atoms with van der Waals surface area (Å²) >= 11 is 0. The summed E-state index contributed by atoms with van der Waals surface area (Å²) in [5.74, 6) is 0.851. The first-order chi connectivity index (χ1) is 13.2. The number of benzene rings is 2. The predicted octanol–water partition coefficient (Wildman–Crippen LogP) is 3.66. The molecule has 0 aliphatic heterocycles. The molecule has 0 fully saturated rings. The highest BCUT2D eigenvalue weighted by molar-refractivity contribution is 5.73. The zero-order chi connectivity index (χ0) is 18.9. The van der Waals surface area contributed by atoms with E-state index in [2.05, 4.69) is 22.5 Å². The van der Waals surface area contributed by atoms with E-state index in [1.165, 1.54) is 0 Å². The number of carbonyl (C=O) groups is 1. The molecule has 2 N–H and O–H groups in total. The summed E-state index contributed by atoms with van der Waals surface area (Å²) in [4.78, 5) is 16.0. The van der Waals surface area contributed by atoms with Gasteiger partial charge in [-0.2, -0.15) is 0 Å². The molecular weight excluding hydrogens is 340 g/mol. The minimum absolute atomic E-state index is 0.194. The van der Waals surface area contributed by atoms with Crippen LogP contribution in [-0.4, -0.2) is 22.2 Å². The molecular formula is C21H24N4O2. The Labute approximate surface area is 159 Å². The lowest BCUT2D eigenvalue weighted by atomic mass is 10.2. The fraction of sp³-hybridized carbons (Fsp3) is 0.238. The van der Waals surface area contributed by atoms with Crippen molar-refractivity contribution in [1.82, 2.24) is 20.2 Å². The third-order valence-corrected chi connectivity index (χ3v) is 4.04. The Morgan fingerprint density at radius 3 is 2.19 bits per heavy atom. The van der Waals surface area contributed by atoms with Gasteiger partial charge in [0.15, 0.2) is 0 Å². The van der Waals surface area contributed by atoms with Crippen LogP contribution >= 0.6 is 0 Å². The van der Waals surface area contributed by atoms with E-state index < -0.39 is 0 Å². The third-order valence-electron chi connectivity index (χ3n) is 4.04. The molecule has 140 valence electrons. The van der Waals surface area contributed by atoms with Gasteiger partial charge in [0.25, 0.3) is 0 Å². The van der Waals surface area contributed by atoms with Crippen LogP contribution < -0.4 is 15.4 Å². The van der Waals surface area contributed by atoms with Crippen LogP contribution in [0, 0.1) is 0 Å². The lowest BCUT2D eigenvalue weighted by Crippen LogP contribution is -2.34. The average molecular weight is 364 g/mol. The first-order valence-corrected chi connectivity index (χ1v) is 9.05. The van der Waals surface area contributed by atoms with Crippen molar-refractivity contribution in [3.63, 3.8) is 0 Å². The van der Waals surface area contributed by atoms with Crippen LogP contribution in [-0.2, 0) is 13.1 Å². The SMILES string of the molecule is CCCOc1ccc(CNC(=O)NCc2ccc(-n3ccnc3)cc2)cc1. The van der Waals surface area contributed by atoms with Crippen LogP contribution in [0.15, 0.2) is 67.3 Å². The zero-order valence-corrected chi connectivity index (χ0v) is 15.4. The second-order valence-electron chi connectivity index (χ2n) is 6.17. The maximum atomic E-state index is 12.0. The van der Waals surface area contributed by atoms with Crippen molar-refractivity contribution in [3.8, 4) is 11.4 Å².